The number of para-hydroxylation sites is 3. The molecule has 0 saturated heterocycles. The maximum Gasteiger partial charge on any atom is 0.143 e. The summed E-state index contributed by atoms with van der Waals surface area (Å²) in [4.78, 5) is 2.34. The third-order valence-electron chi connectivity index (χ3n) is 10.6. The van der Waals surface area contributed by atoms with Crippen LogP contribution < -0.4 is 4.90 Å². The topological polar surface area (TPSA) is 29.5 Å². The summed E-state index contributed by atoms with van der Waals surface area (Å²) >= 11 is 0. The van der Waals surface area contributed by atoms with E-state index in [1.54, 1.807) is 0 Å². The normalized spacial score (nSPS) is 11.8. The molecule has 0 radical (unpaired) electrons. The van der Waals surface area contributed by atoms with Crippen molar-refractivity contribution < 1.29 is 8.83 Å². The molecule has 0 aliphatic rings. The van der Waals surface area contributed by atoms with E-state index < -0.39 is 0 Å². The van der Waals surface area contributed by atoms with Crippen LogP contribution in [0.25, 0.3) is 87.7 Å². The minimum Gasteiger partial charge on any atom is -0.455 e. The van der Waals surface area contributed by atoms with Crippen LogP contribution in [0.3, 0.4) is 0 Å². The van der Waals surface area contributed by atoms with Gasteiger partial charge in [0, 0.05) is 55.5 Å². The van der Waals surface area contributed by atoms with Gasteiger partial charge in [0.05, 0.1) is 5.69 Å². The molecule has 0 unspecified atom stereocenters. The van der Waals surface area contributed by atoms with Crippen molar-refractivity contribution >= 4 is 82.5 Å². The van der Waals surface area contributed by atoms with E-state index in [9.17, 15) is 0 Å². The standard InChI is InChI=1S/C50H31NO2/c1-3-14-32(15-4-1)43-30-44-47(53-50-41-22-10-8-19-38(41)37-18-7-9-21-40(37)48(44)50)31-45(43)51(34-16-5-2-6-17-34)35-28-26-33(27-29-35)36-23-13-24-42-39-20-11-12-25-46(39)52-49(36)42/h1-31H. The van der Waals surface area contributed by atoms with E-state index in [0.717, 1.165) is 88.6 Å². The van der Waals surface area contributed by atoms with E-state index >= 15 is 0 Å². The largest absolute Gasteiger partial charge is 0.455 e. The second-order valence-electron chi connectivity index (χ2n) is 13.6. The number of fused-ring (bicyclic) bond motifs is 11. The summed E-state index contributed by atoms with van der Waals surface area (Å²) in [7, 11) is 0. The molecule has 0 saturated carbocycles. The second-order valence-corrected chi connectivity index (χ2v) is 13.6. The number of furan rings is 2. The van der Waals surface area contributed by atoms with Crippen LogP contribution in [0.4, 0.5) is 17.1 Å². The Morgan fingerprint density at radius 2 is 0.868 bits per heavy atom. The first-order valence-electron chi connectivity index (χ1n) is 18.0. The molecule has 53 heavy (non-hydrogen) atoms. The number of rotatable bonds is 5. The van der Waals surface area contributed by atoms with E-state index in [0.29, 0.717) is 0 Å². The highest BCUT2D eigenvalue weighted by Crippen LogP contribution is 2.48. The highest BCUT2D eigenvalue weighted by Gasteiger charge is 2.23. The Hall–Kier alpha value is -7.10. The molecule has 0 fully saturated rings. The summed E-state index contributed by atoms with van der Waals surface area (Å²) in [5, 5.41) is 9.25. The van der Waals surface area contributed by atoms with Gasteiger partial charge in [-0.25, -0.2) is 0 Å². The first-order valence-corrected chi connectivity index (χ1v) is 18.0. The van der Waals surface area contributed by atoms with Gasteiger partial charge in [0.25, 0.3) is 0 Å². The van der Waals surface area contributed by atoms with Crippen LogP contribution in [-0.4, -0.2) is 0 Å². The van der Waals surface area contributed by atoms with Gasteiger partial charge < -0.3 is 13.7 Å². The zero-order valence-electron chi connectivity index (χ0n) is 28.7. The fourth-order valence-electron chi connectivity index (χ4n) is 8.24. The van der Waals surface area contributed by atoms with Crippen LogP contribution in [0.15, 0.2) is 197 Å². The van der Waals surface area contributed by atoms with Crippen LogP contribution >= 0.6 is 0 Å². The van der Waals surface area contributed by atoms with Crippen LogP contribution in [0.5, 0.6) is 0 Å². The highest BCUT2D eigenvalue weighted by atomic mass is 16.3. The average Bonchev–Trinajstić information content (AvgIpc) is 3.81. The lowest BCUT2D eigenvalue weighted by atomic mass is 9.94. The van der Waals surface area contributed by atoms with Gasteiger partial charge in [0.2, 0.25) is 0 Å². The van der Waals surface area contributed by atoms with E-state index in [1.165, 1.54) is 16.2 Å². The van der Waals surface area contributed by atoms with E-state index in [1.807, 2.05) is 12.1 Å². The molecular formula is C50H31NO2. The van der Waals surface area contributed by atoms with E-state index in [2.05, 4.69) is 181 Å². The monoisotopic (exact) mass is 677 g/mol. The maximum atomic E-state index is 6.93. The van der Waals surface area contributed by atoms with E-state index in [-0.39, 0.29) is 0 Å². The lowest BCUT2D eigenvalue weighted by Gasteiger charge is -2.28. The van der Waals surface area contributed by atoms with Crippen molar-refractivity contribution in [2.45, 2.75) is 0 Å². The SMILES string of the molecule is c1ccc(-c2cc3c(cc2N(c2ccccc2)c2ccc(-c4cccc5c4oc4ccccc45)cc2)oc2c4ccccc4c4ccccc4c32)cc1. The van der Waals surface area contributed by atoms with Gasteiger partial charge in [0.15, 0.2) is 0 Å². The number of benzene rings is 9. The van der Waals surface area contributed by atoms with Crippen molar-refractivity contribution in [1.82, 2.24) is 0 Å². The van der Waals surface area contributed by atoms with Gasteiger partial charge in [-0.1, -0.05) is 146 Å². The lowest BCUT2D eigenvalue weighted by molar-refractivity contribution is 0.670. The van der Waals surface area contributed by atoms with Crippen molar-refractivity contribution in [2.75, 3.05) is 4.90 Å². The minimum absolute atomic E-state index is 0.852. The summed E-state index contributed by atoms with van der Waals surface area (Å²) < 4.78 is 13.4. The Labute approximate surface area is 305 Å². The Morgan fingerprint density at radius 1 is 0.321 bits per heavy atom. The molecule has 0 spiro atoms. The van der Waals surface area contributed by atoms with Gasteiger partial charge in [-0.15, -0.1) is 0 Å². The molecule has 0 atom stereocenters. The van der Waals surface area contributed by atoms with E-state index in [4.69, 9.17) is 8.83 Å². The van der Waals surface area contributed by atoms with Crippen LogP contribution in [-0.2, 0) is 0 Å². The van der Waals surface area contributed by atoms with Gasteiger partial charge in [-0.3, -0.25) is 0 Å². The average molecular weight is 678 g/mol. The predicted molar refractivity (Wildman–Crippen MR) is 222 cm³/mol. The molecule has 0 amide bonds. The number of anilines is 3. The third-order valence-corrected chi connectivity index (χ3v) is 10.6. The van der Waals surface area contributed by atoms with Crippen LogP contribution in [0.1, 0.15) is 0 Å². The molecule has 3 nitrogen and oxygen atoms in total. The summed E-state index contributed by atoms with van der Waals surface area (Å²) in [5.74, 6) is 0. The summed E-state index contributed by atoms with van der Waals surface area (Å²) in [5.41, 5.74) is 11.1. The Bertz CT molecular complexity index is 3160. The molecule has 2 heterocycles. The predicted octanol–water partition coefficient (Wildman–Crippen LogP) is 14.6. The highest BCUT2D eigenvalue weighted by molar-refractivity contribution is 6.30. The van der Waals surface area contributed by atoms with Gasteiger partial charge in [-0.2, -0.15) is 0 Å². The zero-order valence-corrected chi connectivity index (χ0v) is 28.7. The van der Waals surface area contributed by atoms with Crippen molar-refractivity contribution in [1.29, 1.82) is 0 Å². The van der Waals surface area contributed by atoms with Gasteiger partial charge >= 0.3 is 0 Å². The van der Waals surface area contributed by atoms with Crippen LogP contribution in [0, 0.1) is 0 Å². The number of hydrogen-bond donors (Lipinski definition) is 0. The summed E-state index contributed by atoms with van der Waals surface area (Å²) in [6.07, 6.45) is 0. The minimum atomic E-state index is 0.852. The molecular weight excluding hydrogens is 647 g/mol. The smallest absolute Gasteiger partial charge is 0.143 e. The van der Waals surface area contributed by atoms with Gasteiger partial charge in [0.1, 0.15) is 22.3 Å². The molecule has 3 heteroatoms. The molecule has 0 bridgehead atoms. The number of nitrogens with zero attached hydrogens (tertiary/aromatic N) is 1. The Morgan fingerprint density at radius 3 is 1.64 bits per heavy atom. The second kappa shape index (κ2) is 11.7. The molecule has 11 rings (SSSR count). The van der Waals surface area contributed by atoms with Crippen molar-refractivity contribution in [3.8, 4) is 22.3 Å². The Balaban J connectivity index is 1.15. The molecule has 0 N–H and O–H groups in total. The summed E-state index contributed by atoms with van der Waals surface area (Å²) in [6.45, 7) is 0. The molecule has 2 aromatic heterocycles. The number of hydrogen-bond acceptors (Lipinski definition) is 3. The van der Waals surface area contributed by atoms with Crippen molar-refractivity contribution in [3.05, 3.63) is 188 Å². The molecule has 9 aromatic carbocycles. The summed E-state index contributed by atoms with van der Waals surface area (Å²) in [6, 6.07) is 66.6. The fourth-order valence-corrected chi connectivity index (χ4v) is 8.24. The first-order chi connectivity index (χ1) is 26.3. The first kappa shape index (κ1) is 29.6. The fraction of sp³-hybridized carbons (Fsp3) is 0. The maximum absolute atomic E-state index is 6.93. The molecule has 11 aromatic rings. The van der Waals surface area contributed by atoms with Crippen LogP contribution in [0.2, 0.25) is 0 Å². The molecule has 0 aliphatic carbocycles. The third kappa shape index (κ3) is 4.61. The van der Waals surface area contributed by atoms with Crippen molar-refractivity contribution in [2.24, 2.45) is 0 Å². The molecule has 0 aliphatic heterocycles. The van der Waals surface area contributed by atoms with Gasteiger partial charge in [-0.05, 0) is 63.7 Å². The zero-order chi connectivity index (χ0) is 34.9. The molecule has 248 valence electrons. The Kier molecular flexibility index (Phi) is 6.55. The lowest BCUT2D eigenvalue weighted by Crippen LogP contribution is -2.11. The quantitative estimate of drug-likeness (QED) is 0.170. The van der Waals surface area contributed by atoms with Crippen molar-refractivity contribution in [3.63, 3.8) is 0 Å².